The molecule has 108 valence electrons. The molecule has 0 saturated heterocycles. The second kappa shape index (κ2) is 6.38. The van der Waals surface area contributed by atoms with Crippen molar-refractivity contribution in [2.75, 3.05) is 5.32 Å². The molecular formula is C12H6BrCl2N3O3. The number of hydrogen-bond donors (Lipinski definition) is 1. The second-order valence-electron chi connectivity index (χ2n) is 3.84. The van der Waals surface area contributed by atoms with E-state index in [0.717, 1.165) is 0 Å². The molecule has 0 aliphatic rings. The van der Waals surface area contributed by atoms with E-state index in [-0.39, 0.29) is 27.1 Å². The normalized spacial score (nSPS) is 10.2. The smallest absolute Gasteiger partial charge is 0.288 e. The minimum atomic E-state index is -0.660. The summed E-state index contributed by atoms with van der Waals surface area (Å²) in [6.07, 6.45) is 1.47. The van der Waals surface area contributed by atoms with Crippen LogP contribution in [0.15, 0.2) is 34.9 Å². The van der Waals surface area contributed by atoms with Crippen molar-refractivity contribution in [2.24, 2.45) is 0 Å². The number of amides is 1. The Balaban J connectivity index is 2.35. The first-order valence-corrected chi connectivity index (χ1v) is 7.00. The summed E-state index contributed by atoms with van der Waals surface area (Å²) >= 11 is 14.9. The van der Waals surface area contributed by atoms with Gasteiger partial charge in [0.2, 0.25) is 0 Å². The molecule has 0 aliphatic heterocycles. The molecule has 1 heterocycles. The zero-order chi connectivity index (χ0) is 15.6. The van der Waals surface area contributed by atoms with Gasteiger partial charge in [-0.3, -0.25) is 14.9 Å². The second-order valence-corrected chi connectivity index (χ2v) is 5.49. The zero-order valence-corrected chi connectivity index (χ0v) is 13.2. The fraction of sp³-hybridized carbons (Fsp3) is 0. The van der Waals surface area contributed by atoms with Gasteiger partial charge in [-0.05, 0) is 28.1 Å². The Hall–Kier alpha value is -1.70. The maximum absolute atomic E-state index is 12.2. The van der Waals surface area contributed by atoms with Crippen LogP contribution in [-0.2, 0) is 0 Å². The fourth-order valence-electron chi connectivity index (χ4n) is 1.54. The molecule has 0 radical (unpaired) electrons. The quantitative estimate of drug-likeness (QED) is 0.480. The number of carbonyl (C=O) groups is 1. The van der Waals surface area contributed by atoms with Gasteiger partial charge < -0.3 is 5.32 Å². The van der Waals surface area contributed by atoms with E-state index in [2.05, 4.69) is 26.2 Å². The summed E-state index contributed by atoms with van der Waals surface area (Å²) in [5.41, 5.74) is -0.108. The summed E-state index contributed by atoms with van der Waals surface area (Å²) in [4.78, 5) is 26.2. The van der Waals surface area contributed by atoms with E-state index in [1.54, 1.807) is 6.07 Å². The molecular weight excluding hydrogens is 385 g/mol. The van der Waals surface area contributed by atoms with Gasteiger partial charge in [0.05, 0.1) is 16.2 Å². The third-order valence-corrected chi connectivity index (χ3v) is 3.61. The molecule has 0 bridgehead atoms. The minimum absolute atomic E-state index is 0.0260. The number of nitro benzene ring substituents is 1. The average molecular weight is 391 g/mol. The minimum Gasteiger partial charge on any atom is -0.319 e. The van der Waals surface area contributed by atoms with Crippen LogP contribution in [0.25, 0.3) is 0 Å². The van der Waals surface area contributed by atoms with Gasteiger partial charge >= 0.3 is 0 Å². The number of nitro groups is 1. The standard InChI is InChI=1S/C12H6BrCl2N3O3/c13-6-4-8(11(15)16-5-6)17-12(19)7-2-1-3-9(10(7)14)18(20)21/h1-5H,(H,17,19). The van der Waals surface area contributed by atoms with Gasteiger partial charge in [-0.1, -0.05) is 29.3 Å². The largest absolute Gasteiger partial charge is 0.319 e. The lowest BCUT2D eigenvalue weighted by Crippen LogP contribution is -2.13. The number of pyridine rings is 1. The van der Waals surface area contributed by atoms with E-state index in [4.69, 9.17) is 23.2 Å². The van der Waals surface area contributed by atoms with E-state index in [0.29, 0.717) is 4.47 Å². The average Bonchev–Trinajstić information content (AvgIpc) is 2.42. The maximum Gasteiger partial charge on any atom is 0.288 e. The highest BCUT2D eigenvalue weighted by molar-refractivity contribution is 9.10. The van der Waals surface area contributed by atoms with Crippen LogP contribution in [0.4, 0.5) is 11.4 Å². The summed E-state index contributed by atoms with van der Waals surface area (Å²) in [5.74, 6) is -0.620. The summed E-state index contributed by atoms with van der Waals surface area (Å²) in [7, 11) is 0. The van der Waals surface area contributed by atoms with Gasteiger partial charge in [0.25, 0.3) is 11.6 Å². The lowest BCUT2D eigenvalue weighted by Gasteiger charge is -2.08. The number of aromatic nitrogens is 1. The van der Waals surface area contributed by atoms with Gasteiger partial charge in [-0.15, -0.1) is 0 Å². The number of nitrogens with one attached hydrogen (secondary N) is 1. The van der Waals surface area contributed by atoms with Gasteiger partial charge in [-0.25, -0.2) is 4.98 Å². The number of anilines is 1. The summed E-state index contributed by atoms with van der Waals surface area (Å²) < 4.78 is 0.618. The molecule has 0 fully saturated rings. The van der Waals surface area contributed by atoms with Gasteiger partial charge in [-0.2, -0.15) is 0 Å². The molecule has 0 saturated carbocycles. The first kappa shape index (κ1) is 15.7. The predicted molar refractivity (Wildman–Crippen MR) is 83.0 cm³/mol. The lowest BCUT2D eigenvalue weighted by molar-refractivity contribution is -0.384. The van der Waals surface area contributed by atoms with Crippen LogP contribution in [-0.4, -0.2) is 15.8 Å². The van der Waals surface area contributed by atoms with Gasteiger partial charge in [0.1, 0.15) is 5.02 Å². The number of nitrogens with zero attached hydrogens (tertiary/aromatic N) is 2. The van der Waals surface area contributed by atoms with E-state index in [1.165, 1.54) is 24.4 Å². The van der Waals surface area contributed by atoms with Gasteiger partial charge in [0.15, 0.2) is 5.15 Å². The number of rotatable bonds is 3. The SMILES string of the molecule is O=C(Nc1cc(Br)cnc1Cl)c1cccc([N+](=O)[O-])c1Cl. The Bertz CT molecular complexity index is 740. The van der Waals surface area contributed by atoms with E-state index >= 15 is 0 Å². The molecule has 0 spiro atoms. The first-order chi connectivity index (χ1) is 9.90. The monoisotopic (exact) mass is 389 g/mol. The molecule has 1 aromatic heterocycles. The van der Waals surface area contributed by atoms with Gasteiger partial charge in [0, 0.05) is 16.7 Å². The van der Waals surface area contributed by atoms with Crippen LogP contribution < -0.4 is 5.32 Å². The van der Waals surface area contributed by atoms with Crippen molar-refractivity contribution >= 4 is 56.4 Å². The topological polar surface area (TPSA) is 85.1 Å². The lowest BCUT2D eigenvalue weighted by atomic mass is 10.2. The number of carbonyl (C=O) groups excluding carboxylic acids is 1. The fourth-order valence-corrected chi connectivity index (χ4v) is 2.30. The molecule has 1 N–H and O–H groups in total. The molecule has 0 unspecified atom stereocenters. The van der Waals surface area contributed by atoms with E-state index in [9.17, 15) is 14.9 Å². The molecule has 2 rings (SSSR count). The Kier molecular flexibility index (Phi) is 4.76. The predicted octanol–water partition coefficient (Wildman–Crippen LogP) is 4.31. The number of halogens is 3. The van der Waals surface area contributed by atoms with Crippen molar-refractivity contribution in [1.82, 2.24) is 4.98 Å². The Morgan fingerprint density at radius 3 is 2.76 bits per heavy atom. The highest BCUT2D eigenvalue weighted by Crippen LogP contribution is 2.29. The van der Waals surface area contributed by atoms with Crippen LogP contribution in [0.5, 0.6) is 0 Å². The van der Waals surface area contributed by atoms with Crippen molar-refractivity contribution in [3.05, 3.63) is 60.8 Å². The molecule has 1 aromatic carbocycles. The highest BCUT2D eigenvalue weighted by Gasteiger charge is 2.20. The van der Waals surface area contributed by atoms with Crippen molar-refractivity contribution < 1.29 is 9.72 Å². The van der Waals surface area contributed by atoms with Crippen LogP contribution in [0.3, 0.4) is 0 Å². The van der Waals surface area contributed by atoms with Crippen LogP contribution in [0.1, 0.15) is 10.4 Å². The summed E-state index contributed by atoms with van der Waals surface area (Å²) in [5, 5.41) is 13.2. The molecule has 6 nitrogen and oxygen atoms in total. The molecule has 1 amide bonds. The van der Waals surface area contributed by atoms with Crippen molar-refractivity contribution in [3.8, 4) is 0 Å². The third kappa shape index (κ3) is 3.49. The first-order valence-electron chi connectivity index (χ1n) is 5.45. The van der Waals surface area contributed by atoms with Crippen molar-refractivity contribution in [2.45, 2.75) is 0 Å². The maximum atomic E-state index is 12.2. The van der Waals surface area contributed by atoms with Crippen molar-refractivity contribution in [3.63, 3.8) is 0 Å². The summed E-state index contributed by atoms with van der Waals surface area (Å²) in [6.45, 7) is 0. The Morgan fingerprint density at radius 1 is 1.38 bits per heavy atom. The molecule has 2 aromatic rings. The number of hydrogen-bond acceptors (Lipinski definition) is 4. The van der Waals surface area contributed by atoms with Crippen LogP contribution in [0.2, 0.25) is 10.2 Å². The number of benzene rings is 1. The van der Waals surface area contributed by atoms with Crippen LogP contribution in [0, 0.1) is 10.1 Å². The molecule has 21 heavy (non-hydrogen) atoms. The summed E-state index contributed by atoms with van der Waals surface area (Å²) in [6, 6.07) is 5.52. The highest BCUT2D eigenvalue weighted by atomic mass is 79.9. The van der Waals surface area contributed by atoms with Crippen LogP contribution >= 0.6 is 39.1 Å². The molecule has 9 heteroatoms. The molecule has 0 atom stereocenters. The van der Waals surface area contributed by atoms with E-state index in [1.807, 2.05) is 0 Å². The Labute approximate surface area is 137 Å². The van der Waals surface area contributed by atoms with E-state index < -0.39 is 10.8 Å². The third-order valence-electron chi connectivity index (χ3n) is 2.47. The Morgan fingerprint density at radius 2 is 2.10 bits per heavy atom. The zero-order valence-electron chi connectivity index (χ0n) is 10.1. The molecule has 0 aliphatic carbocycles. The van der Waals surface area contributed by atoms with Crippen molar-refractivity contribution in [1.29, 1.82) is 0 Å².